The van der Waals surface area contributed by atoms with Crippen molar-refractivity contribution in [2.45, 2.75) is 24.9 Å². The zero-order chi connectivity index (χ0) is 18.5. The Hall–Kier alpha value is -2.23. The summed E-state index contributed by atoms with van der Waals surface area (Å²) in [4.78, 5) is 3.75. The van der Waals surface area contributed by atoms with Gasteiger partial charge in [0.1, 0.15) is 0 Å². The fourth-order valence-corrected chi connectivity index (χ4v) is 3.75. The molecule has 0 saturated carbocycles. The third-order valence-electron chi connectivity index (χ3n) is 2.79. The summed E-state index contributed by atoms with van der Waals surface area (Å²) in [5.74, 6) is -0.329. The second-order valence-corrected chi connectivity index (χ2v) is 8.46. The average Bonchev–Trinajstić information content (AvgIpc) is 2.53. The van der Waals surface area contributed by atoms with Gasteiger partial charge < -0.3 is 4.18 Å². The summed E-state index contributed by atoms with van der Waals surface area (Å²) in [7, 11) is -7.92. The fourth-order valence-electron chi connectivity index (χ4n) is 1.84. The highest BCUT2D eigenvalue weighted by atomic mass is 32.2. The predicted octanol–water partition coefficient (Wildman–Crippen LogP) is 2.15. The van der Waals surface area contributed by atoms with Crippen LogP contribution < -0.4 is 8.91 Å². The topological polar surface area (TPSA) is 102 Å². The zero-order valence-electron chi connectivity index (χ0n) is 13.7. The summed E-state index contributed by atoms with van der Waals surface area (Å²) in [6, 6.07) is 12.4. The van der Waals surface area contributed by atoms with Crippen molar-refractivity contribution < 1.29 is 21.0 Å². The molecular weight excluding hydrogens is 364 g/mol. The molecular formula is C16H18N2O5S2. The van der Waals surface area contributed by atoms with Crippen LogP contribution in [-0.2, 0) is 20.1 Å². The van der Waals surface area contributed by atoms with E-state index < -0.39 is 20.1 Å². The summed E-state index contributed by atoms with van der Waals surface area (Å²) in [6.45, 7) is 3.33. The van der Waals surface area contributed by atoms with E-state index in [-0.39, 0.29) is 16.9 Å². The van der Waals surface area contributed by atoms with Crippen LogP contribution in [0.3, 0.4) is 0 Å². The summed E-state index contributed by atoms with van der Waals surface area (Å²) in [5, 5.41) is 0.568. The van der Waals surface area contributed by atoms with Gasteiger partial charge in [-0.05, 0) is 31.6 Å². The number of rotatable bonds is 7. The number of hydrogen-bond donors (Lipinski definition) is 1. The maximum absolute atomic E-state index is 12.1. The van der Waals surface area contributed by atoms with Crippen LogP contribution in [0.5, 0.6) is 5.88 Å². The highest BCUT2D eigenvalue weighted by Crippen LogP contribution is 2.15. The molecule has 2 rings (SSSR count). The Kier molecular flexibility index (Phi) is 5.93. The van der Waals surface area contributed by atoms with Gasteiger partial charge in [-0.25, -0.2) is 13.1 Å². The van der Waals surface area contributed by atoms with E-state index in [0.717, 1.165) is 5.41 Å². The number of nitrogens with zero attached hydrogens (tertiary/aromatic N) is 1. The summed E-state index contributed by atoms with van der Waals surface area (Å²) in [6.07, 6.45) is 1.37. The van der Waals surface area contributed by atoms with Gasteiger partial charge in [0.15, 0.2) is 5.03 Å². The molecule has 1 aromatic carbocycles. The van der Waals surface area contributed by atoms with Crippen LogP contribution in [0.2, 0.25) is 0 Å². The van der Waals surface area contributed by atoms with E-state index in [9.17, 15) is 16.8 Å². The molecule has 0 radical (unpaired) electrons. The second-order valence-electron chi connectivity index (χ2n) is 5.38. The first-order valence-corrected chi connectivity index (χ1v) is 10.3. The molecule has 0 amide bonds. The van der Waals surface area contributed by atoms with Crippen LogP contribution in [0.4, 0.5) is 0 Å². The molecule has 0 atom stereocenters. The minimum Gasteiger partial charge on any atom is -0.359 e. The molecule has 1 heterocycles. The SMILES string of the molecule is CC(C)NS(=O)(=O)c1cccc(OS(=O)(=O)C=Cc2ccccc2)n1. The average molecular weight is 382 g/mol. The Morgan fingerprint density at radius 2 is 1.68 bits per heavy atom. The van der Waals surface area contributed by atoms with Crippen LogP contribution in [0, 0.1) is 0 Å². The number of pyridine rings is 1. The first-order valence-electron chi connectivity index (χ1n) is 7.35. The van der Waals surface area contributed by atoms with Gasteiger partial charge in [-0.15, -0.1) is 0 Å². The third kappa shape index (κ3) is 5.96. The monoisotopic (exact) mass is 382 g/mol. The van der Waals surface area contributed by atoms with Gasteiger partial charge in [0.05, 0.1) is 5.41 Å². The zero-order valence-corrected chi connectivity index (χ0v) is 15.3. The standard InChI is InChI=1S/C16H18N2O5S2/c1-13(2)18-25(21,22)16-10-6-9-15(17-16)23-24(19,20)12-11-14-7-4-3-5-8-14/h3-13,18H,1-2H3. The van der Waals surface area contributed by atoms with Gasteiger partial charge in [-0.2, -0.15) is 13.4 Å². The van der Waals surface area contributed by atoms with Gasteiger partial charge in [-0.1, -0.05) is 36.4 Å². The molecule has 134 valence electrons. The van der Waals surface area contributed by atoms with Crippen molar-refractivity contribution in [3.8, 4) is 5.88 Å². The van der Waals surface area contributed by atoms with Crippen molar-refractivity contribution >= 4 is 26.2 Å². The lowest BCUT2D eigenvalue weighted by Crippen LogP contribution is -2.30. The minimum atomic E-state index is -4.08. The molecule has 0 aliphatic carbocycles. The van der Waals surface area contributed by atoms with E-state index in [1.54, 1.807) is 38.1 Å². The first kappa shape index (κ1) is 19.1. The highest BCUT2D eigenvalue weighted by molar-refractivity contribution is 7.90. The molecule has 0 saturated heterocycles. The predicted molar refractivity (Wildman–Crippen MR) is 94.7 cm³/mol. The van der Waals surface area contributed by atoms with Gasteiger partial charge in [-0.3, -0.25) is 0 Å². The number of hydrogen-bond acceptors (Lipinski definition) is 6. The van der Waals surface area contributed by atoms with Crippen molar-refractivity contribution in [2.75, 3.05) is 0 Å². The molecule has 0 spiro atoms. The van der Waals surface area contributed by atoms with Gasteiger partial charge in [0.25, 0.3) is 10.0 Å². The number of nitrogens with one attached hydrogen (secondary N) is 1. The summed E-state index contributed by atoms with van der Waals surface area (Å²) >= 11 is 0. The fraction of sp³-hybridized carbons (Fsp3) is 0.188. The van der Waals surface area contributed by atoms with Gasteiger partial charge in [0.2, 0.25) is 5.88 Å². The van der Waals surface area contributed by atoms with Crippen molar-refractivity contribution in [3.63, 3.8) is 0 Å². The minimum absolute atomic E-state index is 0.319. The first-order chi connectivity index (χ1) is 11.7. The third-order valence-corrected chi connectivity index (χ3v) is 5.22. The number of sulfonamides is 1. The molecule has 0 bridgehead atoms. The molecule has 0 unspecified atom stereocenters. The van der Waals surface area contributed by atoms with Crippen molar-refractivity contribution in [3.05, 3.63) is 59.5 Å². The Morgan fingerprint density at radius 1 is 1.00 bits per heavy atom. The number of benzene rings is 1. The van der Waals surface area contributed by atoms with Gasteiger partial charge in [0, 0.05) is 12.1 Å². The smallest absolute Gasteiger partial charge is 0.333 e. The normalized spacial score (nSPS) is 12.6. The molecule has 9 heteroatoms. The molecule has 25 heavy (non-hydrogen) atoms. The lowest BCUT2D eigenvalue weighted by atomic mass is 10.2. The molecule has 1 aromatic heterocycles. The molecule has 0 aliphatic rings. The van der Waals surface area contributed by atoms with E-state index in [1.165, 1.54) is 24.3 Å². The van der Waals surface area contributed by atoms with Crippen LogP contribution >= 0.6 is 0 Å². The molecule has 1 N–H and O–H groups in total. The van der Waals surface area contributed by atoms with Crippen molar-refractivity contribution in [1.82, 2.24) is 9.71 Å². The highest BCUT2D eigenvalue weighted by Gasteiger charge is 2.19. The van der Waals surface area contributed by atoms with E-state index in [0.29, 0.717) is 5.56 Å². The van der Waals surface area contributed by atoms with Crippen molar-refractivity contribution in [1.29, 1.82) is 0 Å². The lowest BCUT2D eigenvalue weighted by molar-refractivity contribution is 0.481. The van der Waals surface area contributed by atoms with Crippen LogP contribution in [-0.4, -0.2) is 27.9 Å². The maximum atomic E-state index is 12.1. The molecule has 7 nitrogen and oxygen atoms in total. The molecule has 2 aromatic rings. The van der Waals surface area contributed by atoms with Crippen molar-refractivity contribution in [2.24, 2.45) is 0 Å². The Balaban J connectivity index is 2.20. The Labute approximate surface area is 147 Å². The lowest BCUT2D eigenvalue weighted by Gasteiger charge is -2.09. The second kappa shape index (κ2) is 7.77. The summed E-state index contributed by atoms with van der Waals surface area (Å²) < 4.78 is 55.4. The Bertz CT molecular complexity index is 953. The van der Waals surface area contributed by atoms with E-state index >= 15 is 0 Å². The summed E-state index contributed by atoms with van der Waals surface area (Å²) in [5.41, 5.74) is 0.681. The van der Waals surface area contributed by atoms with Gasteiger partial charge >= 0.3 is 10.1 Å². The maximum Gasteiger partial charge on any atom is 0.333 e. The quantitative estimate of drug-likeness (QED) is 0.736. The molecule has 0 aliphatic heterocycles. The van der Waals surface area contributed by atoms with E-state index in [1.807, 2.05) is 6.07 Å². The van der Waals surface area contributed by atoms with Crippen LogP contribution in [0.25, 0.3) is 6.08 Å². The van der Waals surface area contributed by atoms with E-state index in [2.05, 4.69) is 9.71 Å². The molecule has 0 fully saturated rings. The number of aromatic nitrogens is 1. The Morgan fingerprint density at radius 3 is 2.32 bits per heavy atom. The van der Waals surface area contributed by atoms with E-state index in [4.69, 9.17) is 4.18 Å². The largest absolute Gasteiger partial charge is 0.359 e. The van der Waals surface area contributed by atoms with Crippen LogP contribution in [0.15, 0.2) is 59.0 Å². The van der Waals surface area contributed by atoms with Crippen LogP contribution in [0.1, 0.15) is 19.4 Å².